The lowest BCUT2D eigenvalue weighted by atomic mass is 10.3. The topological polar surface area (TPSA) is 56.3 Å². The van der Waals surface area contributed by atoms with Gasteiger partial charge in [0.25, 0.3) is 0 Å². The van der Waals surface area contributed by atoms with Crippen LogP contribution >= 0.6 is 0 Å². The van der Waals surface area contributed by atoms with Crippen molar-refractivity contribution in [2.75, 3.05) is 31.7 Å². The van der Waals surface area contributed by atoms with Gasteiger partial charge in [-0.2, -0.15) is 0 Å². The molecule has 0 aliphatic carbocycles. The number of methoxy groups -OCH3 is 1. The van der Waals surface area contributed by atoms with Crippen LogP contribution in [-0.4, -0.2) is 42.4 Å². The number of rotatable bonds is 5. The van der Waals surface area contributed by atoms with Gasteiger partial charge >= 0.3 is 0 Å². The van der Waals surface area contributed by atoms with Gasteiger partial charge in [0.15, 0.2) is 0 Å². The summed E-state index contributed by atoms with van der Waals surface area (Å²) in [6, 6.07) is 0.285. The molecular formula is C12H22N4O. The second kappa shape index (κ2) is 5.51. The lowest BCUT2D eigenvalue weighted by molar-refractivity contribution is 0.187. The Labute approximate surface area is 103 Å². The van der Waals surface area contributed by atoms with Crippen LogP contribution < -0.4 is 10.6 Å². The van der Waals surface area contributed by atoms with Crippen molar-refractivity contribution >= 4 is 5.95 Å². The van der Waals surface area contributed by atoms with E-state index in [0.717, 1.165) is 44.1 Å². The number of anilines is 1. The van der Waals surface area contributed by atoms with Crippen molar-refractivity contribution in [3.05, 3.63) is 11.9 Å². The van der Waals surface area contributed by atoms with Crippen molar-refractivity contribution in [3.8, 4) is 0 Å². The highest BCUT2D eigenvalue weighted by atomic mass is 16.5. The Hall–Kier alpha value is -1.07. The van der Waals surface area contributed by atoms with Crippen LogP contribution in [0.3, 0.4) is 0 Å². The van der Waals surface area contributed by atoms with Gasteiger partial charge in [-0.3, -0.25) is 0 Å². The fourth-order valence-electron chi connectivity index (χ4n) is 2.21. The molecule has 0 aromatic carbocycles. The number of imidazole rings is 1. The Morgan fingerprint density at radius 2 is 2.41 bits per heavy atom. The summed E-state index contributed by atoms with van der Waals surface area (Å²) in [6.07, 6.45) is 4.14. The second-order valence-corrected chi connectivity index (χ2v) is 4.57. The fraction of sp³-hybridized carbons (Fsp3) is 0.750. The van der Waals surface area contributed by atoms with Gasteiger partial charge in [0.05, 0.1) is 12.3 Å². The summed E-state index contributed by atoms with van der Waals surface area (Å²) in [7, 11) is 1.73. The molecule has 1 saturated heterocycles. The van der Waals surface area contributed by atoms with E-state index in [4.69, 9.17) is 10.5 Å². The van der Waals surface area contributed by atoms with Crippen LogP contribution in [0, 0.1) is 0 Å². The lowest BCUT2D eigenvalue weighted by Gasteiger charge is -2.18. The van der Waals surface area contributed by atoms with E-state index >= 15 is 0 Å². The average molecular weight is 238 g/mol. The zero-order valence-electron chi connectivity index (χ0n) is 10.7. The van der Waals surface area contributed by atoms with Gasteiger partial charge in [0, 0.05) is 39.0 Å². The Morgan fingerprint density at radius 1 is 1.59 bits per heavy atom. The highest BCUT2D eigenvalue weighted by Gasteiger charge is 2.23. The summed E-state index contributed by atoms with van der Waals surface area (Å²) in [4.78, 5) is 6.95. The molecule has 0 saturated carbocycles. The molecule has 0 spiro atoms. The van der Waals surface area contributed by atoms with Crippen molar-refractivity contribution in [1.29, 1.82) is 0 Å². The molecule has 1 fully saturated rings. The summed E-state index contributed by atoms with van der Waals surface area (Å²) in [5.74, 6) is 1.05. The van der Waals surface area contributed by atoms with E-state index in [1.54, 1.807) is 7.11 Å². The van der Waals surface area contributed by atoms with Crippen LogP contribution in [0.1, 0.15) is 19.0 Å². The van der Waals surface area contributed by atoms with E-state index in [9.17, 15) is 0 Å². The molecule has 1 aliphatic heterocycles. The first kappa shape index (κ1) is 12.4. The zero-order chi connectivity index (χ0) is 12.3. The van der Waals surface area contributed by atoms with Gasteiger partial charge in [0.2, 0.25) is 5.95 Å². The molecule has 5 heteroatoms. The largest absolute Gasteiger partial charge is 0.383 e. The number of aryl methyl sites for hydroxylation is 1. The number of ether oxygens (including phenoxy) is 1. The van der Waals surface area contributed by atoms with Crippen LogP contribution in [0.5, 0.6) is 0 Å². The van der Waals surface area contributed by atoms with Crippen LogP contribution in [0.4, 0.5) is 5.95 Å². The molecule has 2 N–H and O–H groups in total. The average Bonchev–Trinajstić information content (AvgIpc) is 2.92. The minimum Gasteiger partial charge on any atom is -0.383 e. The third kappa shape index (κ3) is 2.79. The number of hydrogen-bond donors (Lipinski definition) is 1. The van der Waals surface area contributed by atoms with E-state index in [1.165, 1.54) is 0 Å². The minimum absolute atomic E-state index is 0.285. The number of nitrogens with two attached hydrogens (primary N) is 1. The normalized spacial score (nSPS) is 20.2. The summed E-state index contributed by atoms with van der Waals surface area (Å²) in [5.41, 5.74) is 7.08. The molecular weight excluding hydrogens is 216 g/mol. The van der Waals surface area contributed by atoms with E-state index in [-0.39, 0.29) is 6.04 Å². The summed E-state index contributed by atoms with van der Waals surface area (Å²) in [5, 5.41) is 0. The Kier molecular flexibility index (Phi) is 4.02. The van der Waals surface area contributed by atoms with Crippen molar-refractivity contribution in [2.45, 2.75) is 32.4 Å². The highest BCUT2D eigenvalue weighted by Crippen LogP contribution is 2.19. The quantitative estimate of drug-likeness (QED) is 0.817. The molecule has 2 heterocycles. The van der Waals surface area contributed by atoms with Gasteiger partial charge in [-0.05, 0) is 12.8 Å². The van der Waals surface area contributed by atoms with Crippen molar-refractivity contribution < 1.29 is 4.74 Å². The standard InChI is InChI=1S/C12H22N4O/c1-3-11-9-16(6-7-17-2)12(14-11)15-5-4-10(13)8-15/h9-10H,3-8,13H2,1-2H3. The molecule has 1 atom stereocenters. The first-order valence-electron chi connectivity index (χ1n) is 6.30. The maximum atomic E-state index is 5.95. The number of aromatic nitrogens is 2. The van der Waals surface area contributed by atoms with Crippen molar-refractivity contribution in [2.24, 2.45) is 5.73 Å². The summed E-state index contributed by atoms with van der Waals surface area (Å²) in [6.45, 7) is 5.61. The van der Waals surface area contributed by atoms with Crippen LogP contribution in [-0.2, 0) is 17.7 Å². The third-order valence-corrected chi connectivity index (χ3v) is 3.21. The van der Waals surface area contributed by atoms with E-state index in [1.807, 2.05) is 0 Å². The van der Waals surface area contributed by atoms with Crippen LogP contribution in [0.2, 0.25) is 0 Å². The monoisotopic (exact) mass is 238 g/mol. The molecule has 1 aromatic heterocycles. The molecule has 2 rings (SSSR count). The van der Waals surface area contributed by atoms with Gasteiger partial charge in [-0.1, -0.05) is 6.92 Å². The van der Waals surface area contributed by atoms with Crippen molar-refractivity contribution in [1.82, 2.24) is 9.55 Å². The Bertz CT molecular complexity index is 363. The van der Waals surface area contributed by atoms with Crippen LogP contribution in [0.25, 0.3) is 0 Å². The molecule has 1 unspecified atom stereocenters. The second-order valence-electron chi connectivity index (χ2n) is 4.57. The predicted molar refractivity (Wildman–Crippen MR) is 68.3 cm³/mol. The highest BCUT2D eigenvalue weighted by molar-refractivity contribution is 5.35. The van der Waals surface area contributed by atoms with Gasteiger partial charge in [-0.25, -0.2) is 4.98 Å². The van der Waals surface area contributed by atoms with Crippen LogP contribution in [0.15, 0.2) is 6.20 Å². The van der Waals surface area contributed by atoms with E-state index < -0.39 is 0 Å². The molecule has 1 aliphatic rings. The van der Waals surface area contributed by atoms with Gasteiger partial charge < -0.3 is 19.9 Å². The van der Waals surface area contributed by atoms with Gasteiger partial charge in [-0.15, -0.1) is 0 Å². The van der Waals surface area contributed by atoms with E-state index in [2.05, 4.69) is 27.6 Å². The first-order valence-corrected chi connectivity index (χ1v) is 6.30. The molecule has 96 valence electrons. The first-order chi connectivity index (χ1) is 8.24. The fourth-order valence-corrected chi connectivity index (χ4v) is 2.21. The molecule has 0 radical (unpaired) electrons. The molecule has 0 amide bonds. The molecule has 17 heavy (non-hydrogen) atoms. The maximum Gasteiger partial charge on any atom is 0.205 e. The maximum absolute atomic E-state index is 5.95. The van der Waals surface area contributed by atoms with E-state index in [0.29, 0.717) is 6.61 Å². The SMILES string of the molecule is CCc1cn(CCOC)c(N2CCC(N)C2)n1. The Morgan fingerprint density at radius 3 is 3.00 bits per heavy atom. The third-order valence-electron chi connectivity index (χ3n) is 3.21. The van der Waals surface area contributed by atoms with Crippen molar-refractivity contribution in [3.63, 3.8) is 0 Å². The lowest BCUT2D eigenvalue weighted by Crippen LogP contribution is -2.28. The summed E-state index contributed by atoms with van der Waals surface area (Å²) >= 11 is 0. The predicted octanol–water partition coefficient (Wildman–Crippen LogP) is 0.629. The molecule has 0 bridgehead atoms. The smallest absolute Gasteiger partial charge is 0.205 e. The number of hydrogen-bond acceptors (Lipinski definition) is 4. The zero-order valence-corrected chi connectivity index (χ0v) is 10.7. The number of nitrogens with zero attached hydrogens (tertiary/aromatic N) is 3. The summed E-state index contributed by atoms with van der Waals surface area (Å²) < 4.78 is 7.32. The Balaban J connectivity index is 2.15. The molecule has 5 nitrogen and oxygen atoms in total. The van der Waals surface area contributed by atoms with Gasteiger partial charge in [0.1, 0.15) is 0 Å². The molecule has 1 aromatic rings. The minimum atomic E-state index is 0.285.